The van der Waals surface area contributed by atoms with Gasteiger partial charge in [-0.15, -0.1) is 0 Å². The Bertz CT molecular complexity index is 1770. The van der Waals surface area contributed by atoms with Crippen LogP contribution in [0.25, 0.3) is 0 Å². The normalized spacial score (nSPS) is 14.1. The van der Waals surface area contributed by atoms with Gasteiger partial charge < -0.3 is 15.0 Å². The van der Waals surface area contributed by atoms with Crippen molar-refractivity contribution in [2.45, 2.75) is 82.8 Å². The van der Waals surface area contributed by atoms with Gasteiger partial charge in [0.15, 0.2) is 0 Å². The third kappa shape index (κ3) is 9.50. The van der Waals surface area contributed by atoms with Crippen LogP contribution >= 0.6 is 0 Å². The van der Waals surface area contributed by atoms with E-state index in [9.17, 15) is 18.0 Å². The number of aryl methyl sites for hydroxylation is 2. The van der Waals surface area contributed by atoms with Crippen molar-refractivity contribution in [3.8, 4) is 5.75 Å². The van der Waals surface area contributed by atoms with Gasteiger partial charge in [-0.1, -0.05) is 97.1 Å². The van der Waals surface area contributed by atoms with E-state index in [0.29, 0.717) is 18.0 Å². The fourth-order valence-electron chi connectivity index (χ4n) is 6.23. The quantitative estimate of drug-likeness (QED) is 0.155. The number of sulfonamides is 1. The summed E-state index contributed by atoms with van der Waals surface area (Å²) in [6.07, 6.45) is 5.33. The maximum Gasteiger partial charge on any atom is 0.264 e. The average Bonchev–Trinajstić information content (AvgIpc) is 3.11. The van der Waals surface area contributed by atoms with Gasteiger partial charge in [0.1, 0.15) is 18.3 Å². The van der Waals surface area contributed by atoms with Crippen LogP contribution in [0.5, 0.6) is 5.75 Å². The van der Waals surface area contributed by atoms with Crippen molar-refractivity contribution in [1.82, 2.24) is 10.2 Å². The number of carbonyl (C=O) groups excluding carboxylic acids is 2. The van der Waals surface area contributed by atoms with Crippen LogP contribution in [-0.4, -0.2) is 50.4 Å². The SMILES string of the molecule is CCOc1ccc(N(CC(=O)N(Cc2ccc(C)cc2)[C@@H](Cc2ccccc2)C(=O)NC2CCCCC2)S(=O)(=O)c2ccc(C)cc2)cc1. The van der Waals surface area contributed by atoms with Crippen LogP contribution in [0, 0.1) is 13.8 Å². The molecule has 1 N–H and O–H groups in total. The molecule has 0 unspecified atom stereocenters. The zero-order valence-corrected chi connectivity index (χ0v) is 29.5. The van der Waals surface area contributed by atoms with Crippen LogP contribution in [0.2, 0.25) is 0 Å². The molecule has 0 heterocycles. The lowest BCUT2D eigenvalue weighted by molar-refractivity contribution is -0.140. The molecule has 4 aromatic carbocycles. The van der Waals surface area contributed by atoms with Gasteiger partial charge in [-0.2, -0.15) is 0 Å². The predicted molar refractivity (Wildman–Crippen MR) is 194 cm³/mol. The minimum Gasteiger partial charge on any atom is -0.494 e. The lowest BCUT2D eigenvalue weighted by atomic mass is 9.94. The van der Waals surface area contributed by atoms with Gasteiger partial charge in [0.2, 0.25) is 11.8 Å². The van der Waals surface area contributed by atoms with Gasteiger partial charge in [-0.25, -0.2) is 8.42 Å². The lowest BCUT2D eigenvalue weighted by Crippen LogP contribution is -2.55. The number of amides is 2. The Labute approximate surface area is 291 Å². The summed E-state index contributed by atoms with van der Waals surface area (Å²) in [6.45, 7) is 5.85. The van der Waals surface area contributed by atoms with Crippen molar-refractivity contribution in [2.24, 2.45) is 0 Å². The number of hydrogen-bond donors (Lipinski definition) is 1. The highest BCUT2D eigenvalue weighted by atomic mass is 32.2. The topological polar surface area (TPSA) is 96.0 Å². The fraction of sp³-hybridized carbons (Fsp3) is 0.350. The predicted octanol–water partition coefficient (Wildman–Crippen LogP) is 6.99. The molecule has 0 saturated heterocycles. The Morgan fingerprint density at radius 2 is 1.41 bits per heavy atom. The van der Waals surface area contributed by atoms with E-state index in [1.165, 1.54) is 0 Å². The molecule has 5 rings (SSSR count). The van der Waals surface area contributed by atoms with E-state index in [4.69, 9.17) is 4.74 Å². The van der Waals surface area contributed by atoms with Crippen LogP contribution in [0.1, 0.15) is 61.3 Å². The maximum absolute atomic E-state index is 14.7. The summed E-state index contributed by atoms with van der Waals surface area (Å²) in [5, 5.41) is 3.26. The van der Waals surface area contributed by atoms with Gasteiger partial charge in [-0.3, -0.25) is 13.9 Å². The number of hydrogen-bond acceptors (Lipinski definition) is 5. The molecular formula is C40H47N3O5S. The second-order valence-electron chi connectivity index (χ2n) is 12.8. The minimum atomic E-state index is -4.19. The number of ether oxygens (including phenoxy) is 1. The molecule has 8 nitrogen and oxygen atoms in total. The highest BCUT2D eigenvalue weighted by molar-refractivity contribution is 7.92. The zero-order valence-electron chi connectivity index (χ0n) is 28.7. The van der Waals surface area contributed by atoms with Gasteiger partial charge in [0.05, 0.1) is 17.2 Å². The molecule has 258 valence electrons. The number of nitrogens with one attached hydrogen (secondary N) is 1. The smallest absolute Gasteiger partial charge is 0.264 e. The van der Waals surface area contributed by atoms with Crippen molar-refractivity contribution in [1.29, 1.82) is 0 Å². The second-order valence-corrected chi connectivity index (χ2v) is 14.7. The van der Waals surface area contributed by atoms with E-state index in [0.717, 1.165) is 58.7 Å². The summed E-state index contributed by atoms with van der Waals surface area (Å²) in [5.41, 5.74) is 4.06. The number of nitrogens with zero attached hydrogens (tertiary/aromatic N) is 2. The molecule has 0 aliphatic heterocycles. The third-order valence-electron chi connectivity index (χ3n) is 9.02. The van der Waals surface area contributed by atoms with E-state index in [1.54, 1.807) is 53.4 Å². The number of anilines is 1. The van der Waals surface area contributed by atoms with Gasteiger partial charge >= 0.3 is 0 Å². The van der Waals surface area contributed by atoms with Crippen LogP contribution in [0.3, 0.4) is 0 Å². The van der Waals surface area contributed by atoms with Gasteiger partial charge in [-0.05, 0) is 81.1 Å². The molecule has 49 heavy (non-hydrogen) atoms. The molecule has 1 saturated carbocycles. The molecule has 2 amide bonds. The van der Waals surface area contributed by atoms with E-state index in [2.05, 4.69) is 5.32 Å². The second kappa shape index (κ2) is 16.7. The Morgan fingerprint density at radius 1 is 0.796 bits per heavy atom. The summed E-state index contributed by atoms with van der Waals surface area (Å²) < 4.78 is 35.4. The molecule has 0 spiro atoms. The Morgan fingerprint density at radius 3 is 2.02 bits per heavy atom. The first-order chi connectivity index (χ1) is 23.6. The van der Waals surface area contributed by atoms with Crippen molar-refractivity contribution >= 4 is 27.5 Å². The highest BCUT2D eigenvalue weighted by Crippen LogP contribution is 2.28. The largest absolute Gasteiger partial charge is 0.494 e. The standard InChI is InChI=1S/C40H47N3O5S/c1-4-48-36-23-21-35(22-24-36)43(49(46,47)37-25-17-31(3)18-26-37)29-39(44)42(28-33-19-15-30(2)16-20-33)38(27-32-11-7-5-8-12-32)40(45)41-34-13-9-6-10-14-34/h5,7-8,11-12,15-26,34,38H,4,6,9-10,13-14,27-29H2,1-3H3,(H,41,45)/t38-/m0/s1. The maximum atomic E-state index is 14.7. The lowest BCUT2D eigenvalue weighted by Gasteiger charge is -2.35. The first-order valence-corrected chi connectivity index (χ1v) is 18.6. The summed E-state index contributed by atoms with van der Waals surface area (Å²) in [5.74, 6) is -0.122. The number of rotatable bonds is 14. The molecule has 1 aliphatic carbocycles. The van der Waals surface area contributed by atoms with Gasteiger partial charge in [0, 0.05) is 19.0 Å². The molecule has 4 aromatic rings. The number of benzene rings is 4. The van der Waals surface area contributed by atoms with E-state index >= 15 is 0 Å². The van der Waals surface area contributed by atoms with E-state index < -0.39 is 28.5 Å². The van der Waals surface area contributed by atoms with E-state index in [-0.39, 0.29) is 29.8 Å². The first kappa shape index (κ1) is 35.7. The zero-order chi connectivity index (χ0) is 34.8. The molecule has 0 radical (unpaired) electrons. The average molecular weight is 682 g/mol. The van der Waals surface area contributed by atoms with Crippen LogP contribution < -0.4 is 14.4 Å². The van der Waals surface area contributed by atoms with Gasteiger partial charge in [0.25, 0.3) is 10.0 Å². The monoisotopic (exact) mass is 681 g/mol. The van der Waals surface area contributed by atoms with Crippen molar-refractivity contribution < 1.29 is 22.7 Å². The summed E-state index contributed by atoms with van der Waals surface area (Å²) >= 11 is 0. The molecule has 9 heteroatoms. The summed E-state index contributed by atoms with van der Waals surface area (Å²) in [7, 11) is -4.19. The molecule has 1 aliphatic rings. The molecule has 1 atom stereocenters. The summed E-state index contributed by atoms with van der Waals surface area (Å²) in [4.78, 5) is 30.6. The van der Waals surface area contributed by atoms with Crippen LogP contribution in [0.15, 0.2) is 108 Å². The third-order valence-corrected chi connectivity index (χ3v) is 10.8. The first-order valence-electron chi connectivity index (χ1n) is 17.2. The van der Waals surface area contributed by atoms with Crippen LogP contribution in [-0.2, 0) is 32.6 Å². The van der Waals surface area contributed by atoms with Crippen molar-refractivity contribution in [3.05, 3.63) is 125 Å². The van der Waals surface area contributed by atoms with Crippen molar-refractivity contribution in [3.63, 3.8) is 0 Å². The Balaban J connectivity index is 1.56. The van der Waals surface area contributed by atoms with E-state index in [1.807, 2.05) is 75.4 Å². The summed E-state index contributed by atoms with van der Waals surface area (Å²) in [6, 6.07) is 29.9. The van der Waals surface area contributed by atoms with Crippen molar-refractivity contribution in [2.75, 3.05) is 17.5 Å². The molecular weight excluding hydrogens is 635 g/mol. The molecule has 0 aromatic heterocycles. The molecule has 0 bridgehead atoms. The highest BCUT2D eigenvalue weighted by Gasteiger charge is 2.35. The minimum absolute atomic E-state index is 0.0399. The molecule has 1 fully saturated rings. The fourth-order valence-corrected chi connectivity index (χ4v) is 7.64. The Hall–Kier alpha value is -4.63. The van der Waals surface area contributed by atoms with Crippen LogP contribution in [0.4, 0.5) is 5.69 Å². The number of carbonyl (C=O) groups is 2. The Kier molecular flexibility index (Phi) is 12.1.